The molecule has 2 aromatic rings. The number of nitrogens with one attached hydrogen (secondary N) is 2. The molecule has 8 heteroatoms. The number of rotatable bonds is 8. The number of anilines is 2. The molecular formula is C19H27N4O3S+. The maximum absolute atomic E-state index is 12.4. The molecule has 146 valence electrons. The number of sulfonamides is 1. The first kappa shape index (κ1) is 20.9. The zero-order valence-corrected chi connectivity index (χ0v) is 16.7. The number of quaternary nitrogens is 1. The molecular weight excluding hydrogens is 364 g/mol. The molecule has 0 heterocycles. The van der Waals surface area contributed by atoms with Crippen molar-refractivity contribution in [1.29, 1.82) is 0 Å². The summed E-state index contributed by atoms with van der Waals surface area (Å²) in [5, 5.41) is 7.87. The fourth-order valence-corrected chi connectivity index (χ4v) is 3.26. The summed E-state index contributed by atoms with van der Waals surface area (Å²) in [6.07, 6.45) is 0. The highest BCUT2D eigenvalue weighted by molar-refractivity contribution is 7.89. The van der Waals surface area contributed by atoms with E-state index >= 15 is 0 Å². The van der Waals surface area contributed by atoms with Crippen molar-refractivity contribution in [2.45, 2.75) is 18.4 Å². The van der Waals surface area contributed by atoms with Crippen LogP contribution in [0.3, 0.4) is 0 Å². The van der Waals surface area contributed by atoms with E-state index in [1.807, 2.05) is 25.9 Å². The first-order chi connectivity index (χ1) is 12.7. The lowest BCUT2D eigenvalue weighted by molar-refractivity contribution is -0.903. The summed E-state index contributed by atoms with van der Waals surface area (Å²) in [5.41, 5.74) is 2.70. The van der Waals surface area contributed by atoms with Gasteiger partial charge in [0.2, 0.25) is 10.0 Å². The van der Waals surface area contributed by atoms with Gasteiger partial charge in [-0.05, 0) is 37.3 Å². The van der Waals surface area contributed by atoms with Crippen LogP contribution in [0.4, 0.5) is 11.4 Å². The smallest absolute Gasteiger partial charge is 0.279 e. The van der Waals surface area contributed by atoms with Gasteiger partial charge in [-0.1, -0.05) is 18.2 Å². The van der Waals surface area contributed by atoms with Crippen molar-refractivity contribution in [3.05, 3.63) is 54.1 Å². The van der Waals surface area contributed by atoms with E-state index in [1.165, 1.54) is 12.1 Å². The van der Waals surface area contributed by atoms with Crippen molar-refractivity contribution in [2.24, 2.45) is 5.14 Å². The highest BCUT2D eigenvalue weighted by atomic mass is 32.2. The molecule has 7 nitrogen and oxygen atoms in total. The van der Waals surface area contributed by atoms with Crippen molar-refractivity contribution in [1.82, 2.24) is 0 Å². The van der Waals surface area contributed by atoms with E-state index in [-0.39, 0.29) is 17.3 Å². The van der Waals surface area contributed by atoms with Gasteiger partial charge in [0.25, 0.3) is 5.91 Å². The Bertz CT molecular complexity index is 880. The van der Waals surface area contributed by atoms with E-state index in [0.29, 0.717) is 5.69 Å². The molecule has 2 aromatic carbocycles. The number of hydrogen-bond donors (Lipinski definition) is 3. The highest BCUT2D eigenvalue weighted by Crippen LogP contribution is 2.14. The van der Waals surface area contributed by atoms with E-state index < -0.39 is 10.0 Å². The molecule has 0 radical (unpaired) electrons. The molecule has 2 rings (SSSR count). The van der Waals surface area contributed by atoms with Gasteiger partial charge in [0.15, 0.2) is 6.54 Å². The molecule has 4 N–H and O–H groups in total. The Morgan fingerprint density at radius 1 is 1.15 bits per heavy atom. The Morgan fingerprint density at radius 2 is 1.81 bits per heavy atom. The Balaban J connectivity index is 1.98. The molecule has 1 amide bonds. The minimum atomic E-state index is -3.80. The Labute approximate surface area is 160 Å². The number of carbonyl (C=O) groups excluding carboxylic acids is 1. The van der Waals surface area contributed by atoms with Crippen molar-refractivity contribution in [3.8, 4) is 0 Å². The fourth-order valence-electron chi connectivity index (χ4n) is 2.70. The minimum absolute atomic E-state index is 0.0269. The molecule has 0 spiro atoms. The molecule has 0 aliphatic heterocycles. The van der Waals surface area contributed by atoms with Gasteiger partial charge in [-0.3, -0.25) is 4.79 Å². The second kappa shape index (κ2) is 8.98. The predicted molar refractivity (Wildman–Crippen MR) is 107 cm³/mol. The summed E-state index contributed by atoms with van der Waals surface area (Å²) in [6.45, 7) is 3.83. The Hall–Kier alpha value is -2.42. The van der Waals surface area contributed by atoms with Gasteiger partial charge in [0, 0.05) is 31.0 Å². The molecule has 1 unspecified atom stereocenters. The summed E-state index contributed by atoms with van der Waals surface area (Å²) in [5.74, 6) is -0.177. The Morgan fingerprint density at radius 3 is 2.37 bits per heavy atom. The minimum Gasteiger partial charge on any atom is -0.378 e. The van der Waals surface area contributed by atoms with Crippen molar-refractivity contribution >= 4 is 27.3 Å². The van der Waals surface area contributed by atoms with Gasteiger partial charge >= 0.3 is 0 Å². The maximum atomic E-state index is 12.4. The number of carbonyl (C=O) groups is 1. The lowest BCUT2D eigenvalue weighted by atomic mass is 10.2. The highest BCUT2D eigenvalue weighted by Gasteiger charge is 2.15. The largest absolute Gasteiger partial charge is 0.378 e. The molecule has 0 aliphatic rings. The molecule has 0 aliphatic carbocycles. The molecule has 0 saturated carbocycles. The van der Waals surface area contributed by atoms with E-state index in [9.17, 15) is 13.2 Å². The number of benzene rings is 2. The second-order valence-corrected chi connectivity index (χ2v) is 8.20. The summed E-state index contributed by atoms with van der Waals surface area (Å²) >= 11 is 0. The lowest BCUT2D eigenvalue weighted by Gasteiger charge is -2.18. The second-order valence-electron chi connectivity index (χ2n) is 6.64. The van der Waals surface area contributed by atoms with Gasteiger partial charge in [0.05, 0.1) is 11.4 Å². The van der Waals surface area contributed by atoms with E-state index in [0.717, 1.165) is 29.2 Å². The monoisotopic (exact) mass is 391 g/mol. The Kier molecular flexibility index (Phi) is 6.95. The van der Waals surface area contributed by atoms with Gasteiger partial charge in [-0.25, -0.2) is 13.6 Å². The van der Waals surface area contributed by atoms with Gasteiger partial charge in [-0.15, -0.1) is 0 Å². The van der Waals surface area contributed by atoms with Gasteiger partial charge in [0.1, 0.15) is 6.54 Å². The molecule has 1 atom stereocenters. The van der Waals surface area contributed by atoms with Gasteiger partial charge < -0.3 is 15.1 Å². The first-order valence-electron chi connectivity index (χ1n) is 8.71. The molecule has 0 bridgehead atoms. The van der Waals surface area contributed by atoms with Crippen molar-refractivity contribution in [3.63, 3.8) is 0 Å². The van der Waals surface area contributed by atoms with Crippen molar-refractivity contribution in [2.75, 3.05) is 37.4 Å². The summed E-state index contributed by atoms with van der Waals surface area (Å²) in [4.78, 5) is 15.5. The molecule has 0 aromatic heterocycles. The third-order valence-corrected chi connectivity index (χ3v) is 5.17. The standard InChI is InChI=1S/C19H26N4O3S/c1-4-23(13-15-8-10-17(11-9-15)22(2)3)14-19(24)21-16-6-5-7-18(12-16)27(20,25)26/h5-12H,4,13-14H2,1-3H3,(H,21,24)(H2,20,25,26)/p+1. The quantitative estimate of drug-likeness (QED) is 0.608. The first-order valence-corrected chi connectivity index (χ1v) is 10.3. The van der Waals surface area contributed by atoms with Crippen LogP contribution in [0.5, 0.6) is 0 Å². The average Bonchev–Trinajstić information content (AvgIpc) is 2.61. The van der Waals surface area contributed by atoms with Crippen LogP contribution < -0.4 is 20.3 Å². The topological polar surface area (TPSA) is 96.9 Å². The van der Waals surface area contributed by atoms with Crippen LogP contribution in [-0.2, 0) is 21.4 Å². The number of nitrogens with two attached hydrogens (primary N) is 1. The SMILES string of the molecule is CC[NH+](CC(=O)Nc1cccc(S(N)(=O)=O)c1)Cc1ccc(N(C)C)cc1. The van der Waals surface area contributed by atoms with Crippen LogP contribution in [0.2, 0.25) is 0 Å². The van der Waals surface area contributed by atoms with Crippen LogP contribution >= 0.6 is 0 Å². The maximum Gasteiger partial charge on any atom is 0.279 e. The summed E-state index contributed by atoms with van der Waals surface area (Å²) < 4.78 is 22.8. The fraction of sp³-hybridized carbons (Fsp3) is 0.316. The number of hydrogen-bond acceptors (Lipinski definition) is 4. The zero-order valence-electron chi connectivity index (χ0n) is 15.9. The average molecular weight is 392 g/mol. The normalized spacial score (nSPS) is 12.4. The van der Waals surface area contributed by atoms with Crippen LogP contribution in [-0.4, -0.2) is 41.5 Å². The summed E-state index contributed by atoms with van der Waals surface area (Å²) in [7, 11) is 0.189. The van der Waals surface area contributed by atoms with Crippen LogP contribution in [0, 0.1) is 0 Å². The molecule has 27 heavy (non-hydrogen) atoms. The third kappa shape index (κ3) is 6.35. The van der Waals surface area contributed by atoms with E-state index in [4.69, 9.17) is 5.14 Å². The molecule has 0 fully saturated rings. The van der Waals surface area contributed by atoms with Crippen LogP contribution in [0.15, 0.2) is 53.4 Å². The van der Waals surface area contributed by atoms with Gasteiger partial charge in [-0.2, -0.15) is 0 Å². The number of nitrogens with zero attached hydrogens (tertiary/aromatic N) is 1. The van der Waals surface area contributed by atoms with E-state index in [2.05, 4.69) is 29.6 Å². The number of primary sulfonamides is 1. The predicted octanol–water partition coefficient (Wildman–Crippen LogP) is 0.444. The van der Waals surface area contributed by atoms with Crippen molar-refractivity contribution < 1.29 is 18.1 Å². The lowest BCUT2D eigenvalue weighted by Crippen LogP contribution is -3.11. The third-order valence-electron chi connectivity index (χ3n) is 4.26. The van der Waals surface area contributed by atoms with Crippen LogP contribution in [0.1, 0.15) is 12.5 Å². The molecule has 0 saturated heterocycles. The van der Waals surface area contributed by atoms with Crippen LogP contribution in [0.25, 0.3) is 0 Å². The van der Waals surface area contributed by atoms with E-state index in [1.54, 1.807) is 12.1 Å². The zero-order chi connectivity index (χ0) is 20.0. The number of likely N-dealkylation sites (N-methyl/N-ethyl adjacent to an activating group) is 1. The summed E-state index contributed by atoms with van der Waals surface area (Å²) in [6, 6.07) is 14.2. The number of amides is 1.